The van der Waals surface area contributed by atoms with Crippen molar-refractivity contribution in [3.8, 4) is 23.3 Å². The van der Waals surface area contributed by atoms with E-state index < -0.39 is 22.5 Å². The van der Waals surface area contributed by atoms with Crippen molar-refractivity contribution in [3.63, 3.8) is 0 Å². The second-order valence-electron chi connectivity index (χ2n) is 6.78. The summed E-state index contributed by atoms with van der Waals surface area (Å²) < 4.78 is 29.0. The van der Waals surface area contributed by atoms with Crippen LogP contribution in [0.3, 0.4) is 0 Å². The van der Waals surface area contributed by atoms with Crippen LogP contribution in [0.1, 0.15) is 36.8 Å². The van der Waals surface area contributed by atoms with E-state index in [0.29, 0.717) is 11.1 Å². The lowest BCUT2D eigenvalue weighted by Crippen LogP contribution is -2.05. The van der Waals surface area contributed by atoms with Crippen LogP contribution in [-0.4, -0.2) is 0 Å². The highest BCUT2D eigenvalue weighted by Gasteiger charge is 2.46. The molecule has 118 valence electrons. The maximum atomic E-state index is 14.5. The molecule has 2 fully saturated rings. The van der Waals surface area contributed by atoms with Gasteiger partial charge in [-0.15, -0.1) is 0 Å². The van der Waals surface area contributed by atoms with Crippen LogP contribution < -0.4 is 0 Å². The summed E-state index contributed by atoms with van der Waals surface area (Å²) in [4.78, 5) is 0. The summed E-state index contributed by atoms with van der Waals surface area (Å²) in [6.45, 7) is 0. The average molecular weight is 320 g/mol. The number of hydrogen-bond acceptors (Lipinski definition) is 2. The van der Waals surface area contributed by atoms with E-state index in [4.69, 9.17) is 0 Å². The van der Waals surface area contributed by atoms with Crippen molar-refractivity contribution in [3.05, 3.63) is 59.2 Å². The number of hydrogen-bond donors (Lipinski definition) is 0. The van der Waals surface area contributed by atoms with Crippen molar-refractivity contribution >= 4 is 0 Å². The van der Waals surface area contributed by atoms with Crippen LogP contribution >= 0.6 is 0 Å². The highest BCUT2D eigenvalue weighted by molar-refractivity contribution is 5.67. The highest BCUT2D eigenvalue weighted by Crippen LogP contribution is 2.49. The molecular weight excluding hydrogens is 306 g/mol. The lowest BCUT2D eigenvalue weighted by molar-refractivity contribution is 0.612. The van der Waals surface area contributed by atoms with Crippen LogP contribution in [0.2, 0.25) is 0 Å². The minimum absolute atomic E-state index is 0.179. The predicted octanol–water partition coefficient (Wildman–Crippen LogP) is 4.74. The molecule has 4 rings (SSSR count). The number of nitriles is 2. The van der Waals surface area contributed by atoms with Gasteiger partial charge in [-0.1, -0.05) is 24.3 Å². The van der Waals surface area contributed by atoms with Crippen molar-refractivity contribution in [2.24, 2.45) is 0 Å². The van der Waals surface area contributed by atoms with Crippen molar-refractivity contribution in [2.45, 2.75) is 36.5 Å². The van der Waals surface area contributed by atoms with Crippen LogP contribution in [0.4, 0.5) is 8.78 Å². The Morgan fingerprint density at radius 2 is 1.08 bits per heavy atom. The molecule has 2 aromatic rings. The van der Waals surface area contributed by atoms with Gasteiger partial charge in [-0.05, 0) is 48.9 Å². The summed E-state index contributed by atoms with van der Waals surface area (Å²) in [5.41, 5.74) is 0.547. The fourth-order valence-corrected chi connectivity index (χ4v) is 3.24. The lowest BCUT2D eigenvalue weighted by Gasteiger charge is -2.12. The normalized spacial score (nSPS) is 19.2. The smallest absolute Gasteiger partial charge is 0.131 e. The van der Waals surface area contributed by atoms with Crippen LogP contribution in [0.25, 0.3) is 11.1 Å². The van der Waals surface area contributed by atoms with Gasteiger partial charge in [0.1, 0.15) is 11.6 Å². The van der Waals surface area contributed by atoms with E-state index in [2.05, 4.69) is 12.1 Å². The zero-order valence-corrected chi connectivity index (χ0v) is 12.9. The van der Waals surface area contributed by atoms with Gasteiger partial charge in [0.25, 0.3) is 0 Å². The van der Waals surface area contributed by atoms with Gasteiger partial charge in [0.15, 0.2) is 0 Å². The summed E-state index contributed by atoms with van der Waals surface area (Å²) in [5, 5.41) is 18.4. The third-order valence-corrected chi connectivity index (χ3v) is 5.26. The Kier molecular flexibility index (Phi) is 3.02. The Bertz CT molecular complexity index is 848. The summed E-state index contributed by atoms with van der Waals surface area (Å²) in [7, 11) is 0. The van der Waals surface area contributed by atoms with Crippen molar-refractivity contribution in [1.29, 1.82) is 10.5 Å². The molecule has 0 heterocycles. The van der Waals surface area contributed by atoms with Gasteiger partial charge in [-0.2, -0.15) is 10.5 Å². The molecule has 4 heteroatoms. The summed E-state index contributed by atoms with van der Waals surface area (Å²) in [5.74, 6) is -1.05. The third-order valence-electron chi connectivity index (χ3n) is 5.26. The molecule has 24 heavy (non-hydrogen) atoms. The van der Waals surface area contributed by atoms with E-state index in [1.54, 1.807) is 12.1 Å². The molecule has 0 radical (unpaired) electrons. The molecule has 0 spiro atoms. The molecule has 0 aliphatic heterocycles. The van der Waals surface area contributed by atoms with Crippen LogP contribution in [0.15, 0.2) is 36.4 Å². The van der Waals surface area contributed by atoms with Crippen LogP contribution in [0.5, 0.6) is 0 Å². The Morgan fingerprint density at radius 3 is 1.33 bits per heavy atom. The summed E-state index contributed by atoms with van der Waals surface area (Å²) in [6, 6.07) is 13.6. The molecule has 0 amide bonds. The maximum absolute atomic E-state index is 14.5. The Morgan fingerprint density at radius 1 is 0.708 bits per heavy atom. The van der Waals surface area contributed by atoms with E-state index in [-0.39, 0.29) is 11.1 Å². The molecule has 0 atom stereocenters. The standard InChI is InChI=1S/C20H14F2N2/c21-17-9-13(19(11-23)5-6-19)1-3-15(17)16-4-2-14(10-18(16)22)20(12-24)7-8-20/h1-4,9-10H,5-8H2. The summed E-state index contributed by atoms with van der Waals surface area (Å²) >= 11 is 0. The van der Waals surface area contributed by atoms with E-state index in [1.807, 2.05) is 0 Å². The molecule has 2 aliphatic rings. The van der Waals surface area contributed by atoms with Gasteiger partial charge in [0.05, 0.1) is 23.0 Å². The number of nitrogens with zero attached hydrogens (tertiary/aromatic N) is 2. The highest BCUT2D eigenvalue weighted by atomic mass is 19.1. The molecule has 2 aliphatic carbocycles. The fraction of sp³-hybridized carbons (Fsp3) is 0.300. The molecule has 2 saturated carbocycles. The van der Waals surface area contributed by atoms with E-state index in [9.17, 15) is 19.3 Å². The summed E-state index contributed by atoms with van der Waals surface area (Å²) in [6.07, 6.45) is 2.95. The molecule has 2 aromatic carbocycles. The number of rotatable bonds is 3. The first-order chi connectivity index (χ1) is 11.5. The van der Waals surface area contributed by atoms with Gasteiger partial charge in [0.2, 0.25) is 0 Å². The quantitative estimate of drug-likeness (QED) is 0.820. The zero-order chi connectivity index (χ0) is 16.9. The molecule has 0 aromatic heterocycles. The molecule has 2 nitrogen and oxygen atoms in total. The average Bonchev–Trinajstić information content (AvgIpc) is 3.49. The first-order valence-corrected chi connectivity index (χ1v) is 7.97. The van der Waals surface area contributed by atoms with Gasteiger partial charge < -0.3 is 0 Å². The number of benzene rings is 2. The van der Waals surface area contributed by atoms with Gasteiger partial charge in [0, 0.05) is 11.1 Å². The molecular formula is C20H14F2N2. The topological polar surface area (TPSA) is 47.6 Å². The van der Waals surface area contributed by atoms with E-state index in [1.165, 1.54) is 24.3 Å². The maximum Gasteiger partial charge on any atom is 0.131 e. The van der Waals surface area contributed by atoms with Crippen molar-refractivity contribution in [2.75, 3.05) is 0 Å². The largest absolute Gasteiger partial charge is 0.206 e. The lowest BCUT2D eigenvalue weighted by atomic mass is 9.92. The predicted molar refractivity (Wildman–Crippen MR) is 84.8 cm³/mol. The molecule has 0 N–H and O–H groups in total. The van der Waals surface area contributed by atoms with Gasteiger partial charge in [-0.25, -0.2) is 8.78 Å². The Labute approximate surface area is 139 Å². The second-order valence-corrected chi connectivity index (χ2v) is 6.78. The van der Waals surface area contributed by atoms with Gasteiger partial charge >= 0.3 is 0 Å². The number of halogens is 2. The first kappa shape index (κ1) is 14.8. The minimum atomic E-state index is -0.563. The Balaban J connectivity index is 1.72. The van der Waals surface area contributed by atoms with Crippen LogP contribution in [0, 0.1) is 34.3 Å². The third kappa shape index (κ3) is 2.11. The monoisotopic (exact) mass is 320 g/mol. The fourth-order valence-electron chi connectivity index (χ4n) is 3.24. The van der Waals surface area contributed by atoms with Crippen molar-refractivity contribution < 1.29 is 8.78 Å². The van der Waals surface area contributed by atoms with E-state index in [0.717, 1.165) is 25.7 Å². The SMILES string of the molecule is N#CC1(c2ccc(-c3ccc(C4(C#N)CC4)cc3F)c(F)c2)CC1. The molecule has 0 unspecified atom stereocenters. The first-order valence-electron chi connectivity index (χ1n) is 7.97. The Hall–Kier alpha value is -2.72. The van der Waals surface area contributed by atoms with Crippen molar-refractivity contribution in [1.82, 2.24) is 0 Å². The zero-order valence-electron chi connectivity index (χ0n) is 12.9. The van der Waals surface area contributed by atoms with Crippen LogP contribution in [-0.2, 0) is 10.8 Å². The second kappa shape index (κ2) is 4.89. The molecule has 0 bridgehead atoms. The molecule has 0 saturated heterocycles. The minimum Gasteiger partial charge on any atom is -0.206 e. The van der Waals surface area contributed by atoms with Gasteiger partial charge in [-0.3, -0.25) is 0 Å². The van der Waals surface area contributed by atoms with E-state index >= 15 is 0 Å².